The van der Waals surface area contributed by atoms with Gasteiger partial charge < -0.3 is 5.32 Å². The van der Waals surface area contributed by atoms with E-state index in [9.17, 15) is 17.6 Å². The molecule has 0 aliphatic carbocycles. The summed E-state index contributed by atoms with van der Waals surface area (Å²) in [5, 5.41) is 2.04. The summed E-state index contributed by atoms with van der Waals surface area (Å²) in [7, 11) is -3.86. The standard InChI is InChI=1S/C21H17ClFNO3S/c22-17-8-4-7-16(13-17)21(25)24-14-20(15-5-2-1-3-6-15)28(26,27)19-11-9-18(23)10-12-19/h1-13,20H,14H2,(H,24,25). The van der Waals surface area contributed by atoms with Crippen molar-refractivity contribution in [3.63, 3.8) is 0 Å². The summed E-state index contributed by atoms with van der Waals surface area (Å²) in [5.41, 5.74) is 0.858. The molecule has 1 unspecified atom stereocenters. The van der Waals surface area contributed by atoms with Crippen LogP contribution in [0, 0.1) is 5.82 Å². The Balaban J connectivity index is 1.90. The maximum absolute atomic E-state index is 13.2. The number of halogens is 2. The minimum absolute atomic E-state index is 0.0141. The molecule has 144 valence electrons. The van der Waals surface area contributed by atoms with E-state index in [1.165, 1.54) is 18.2 Å². The average Bonchev–Trinajstić information content (AvgIpc) is 2.69. The highest BCUT2D eigenvalue weighted by molar-refractivity contribution is 7.91. The van der Waals surface area contributed by atoms with Gasteiger partial charge in [0.05, 0.1) is 4.90 Å². The Labute approximate surface area is 167 Å². The number of nitrogens with one attached hydrogen (secondary N) is 1. The van der Waals surface area contributed by atoms with Crippen molar-refractivity contribution in [3.8, 4) is 0 Å². The number of hydrogen-bond donors (Lipinski definition) is 1. The molecule has 0 spiro atoms. The molecule has 1 atom stereocenters. The minimum atomic E-state index is -3.86. The highest BCUT2D eigenvalue weighted by Gasteiger charge is 2.29. The SMILES string of the molecule is O=C(NCC(c1ccccc1)S(=O)(=O)c1ccc(F)cc1)c1cccc(Cl)c1. The smallest absolute Gasteiger partial charge is 0.251 e. The summed E-state index contributed by atoms with van der Waals surface area (Å²) >= 11 is 5.91. The van der Waals surface area contributed by atoms with Gasteiger partial charge in [0, 0.05) is 17.1 Å². The number of benzene rings is 3. The molecule has 0 bridgehead atoms. The summed E-state index contributed by atoms with van der Waals surface area (Å²) in [6, 6.07) is 19.6. The predicted octanol–water partition coefficient (Wildman–Crippen LogP) is 4.42. The molecule has 0 heterocycles. The number of rotatable bonds is 6. The molecule has 0 saturated carbocycles. The zero-order chi connectivity index (χ0) is 20.1. The van der Waals surface area contributed by atoms with Crippen LogP contribution in [0.25, 0.3) is 0 Å². The van der Waals surface area contributed by atoms with Crippen LogP contribution in [0.15, 0.2) is 83.8 Å². The number of carbonyl (C=O) groups is 1. The minimum Gasteiger partial charge on any atom is -0.350 e. The molecule has 0 aromatic heterocycles. The zero-order valence-corrected chi connectivity index (χ0v) is 16.3. The van der Waals surface area contributed by atoms with Gasteiger partial charge in [-0.3, -0.25) is 4.79 Å². The maximum atomic E-state index is 13.2. The van der Waals surface area contributed by atoms with Crippen LogP contribution in [0.3, 0.4) is 0 Å². The van der Waals surface area contributed by atoms with E-state index in [0.29, 0.717) is 16.1 Å². The molecule has 1 amide bonds. The van der Waals surface area contributed by atoms with E-state index in [0.717, 1.165) is 12.1 Å². The van der Waals surface area contributed by atoms with Gasteiger partial charge in [-0.2, -0.15) is 0 Å². The Bertz CT molecular complexity index is 1070. The lowest BCUT2D eigenvalue weighted by Crippen LogP contribution is -2.32. The van der Waals surface area contributed by atoms with Gasteiger partial charge in [0.2, 0.25) is 0 Å². The van der Waals surface area contributed by atoms with Gasteiger partial charge in [0.25, 0.3) is 5.91 Å². The van der Waals surface area contributed by atoms with Gasteiger partial charge in [-0.25, -0.2) is 12.8 Å². The molecule has 28 heavy (non-hydrogen) atoms. The molecule has 3 aromatic rings. The molecule has 4 nitrogen and oxygen atoms in total. The van der Waals surface area contributed by atoms with Crippen molar-refractivity contribution in [3.05, 3.63) is 101 Å². The Morgan fingerprint density at radius 3 is 2.29 bits per heavy atom. The van der Waals surface area contributed by atoms with E-state index in [1.807, 2.05) is 0 Å². The molecule has 0 saturated heterocycles. The van der Waals surface area contributed by atoms with Crippen LogP contribution in [0.2, 0.25) is 5.02 Å². The van der Waals surface area contributed by atoms with Crippen LogP contribution >= 0.6 is 11.6 Å². The first-order chi connectivity index (χ1) is 13.4. The van der Waals surface area contributed by atoms with Crippen molar-refractivity contribution in [2.45, 2.75) is 10.1 Å². The molecule has 1 N–H and O–H groups in total. The van der Waals surface area contributed by atoms with Crippen molar-refractivity contribution in [1.29, 1.82) is 0 Å². The van der Waals surface area contributed by atoms with E-state index < -0.39 is 26.8 Å². The van der Waals surface area contributed by atoms with E-state index in [1.54, 1.807) is 48.5 Å². The molecule has 3 rings (SSSR count). The van der Waals surface area contributed by atoms with Crippen molar-refractivity contribution in [1.82, 2.24) is 5.32 Å². The fourth-order valence-corrected chi connectivity index (χ4v) is 4.63. The topological polar surface area (TPSA) is 63.2 Å². The van der Waals surface area contributed by atoms with Crippen LogP contribution in [-0.4, -0.2) is 20.9 Å². The van der Waals surface area contributed by atoms with Gasteiger partial charge in [-0.1, -0.05) is 48.0 Å². The van der Waals surface area contributed by atoms with Crippen molar-refractivity contribution in [2.24, 2.45) is 0 Å². The van der Waals surface area contributed by atoms with Gasteiger partial charge in [0.1, 0.15) is 11.1 Å². The van der Waals surface area contributed by atoms with Crippen LogP contribution in [0.5, 0.6) is 0 Å². The number of amides is 1. The van der Waals surface area contributed by atoms with Gasteiger partial charge in [0.15, 0.2) is 9.84 Å². The first kappa shape index (κ1) is 20.0. The Morgan fingerprint density at radius 2 is 1.64 bits per heavy atom. The van der Waals surface area contributed by atoms with Crippen LogP contribution < -0.4 is 5.32 Å². The average molecular weight is 418 g/mol. The molecular formula is C21H17ClFNO3S. The van der Waals surface area contributed by atoms with E-state index >= 15 is 0 Å². The lowest BCUT2D eigenvalue weighted by atomic mass is 10.1. The fraction of sp³-hybridized carbons (Fsp3) is 0.0952. The second-order valence-electron chi connectivity index (χ2n) is 6.12. The zero-order valence-electron chi connectivity index (χ0n) is 14.7. The first-order valence-electron chi connectivity index (χ1n) is 8.46. The summed E-state index contributed by atoms with van der Waals surface area (Å²) in [5.74, 6) is -0.956. The third-order valence-electron chi connectivity index (χ3n) is 4.22. The Morgan fingerprint density at radius 1 is 0.964 bits per heavy atom. The molecule has 7 heteroatoms. The molecular weight excluding hydrogens is 401 g/mol. The first-order valence-corrected chi connectivity index (χ1v) is 10.4. The molecule has 0 aliphatic rings. The summed E-state index contributed by atoms with van der Waals surface area (Å²) in [6.45, 7) is -0.144. The number of sulfone groups is 1. The summed E-state index contributed by atoms with van der Waals surface area (Å²) < 4.78 is 39.5. The lowest BCUT2D eigenvalue weighted by Gasteiger charge is -2.19. The Hall–Kier alpha value is -2.70. The molecule has 0 fully saturated rings. The second-order valence-corrected chi connectivity index (χ2v) is 8.69. The van der Waals surface area contributed by atoms with E-state index in [4.69, 9.17) is 11.6 Å². The van der Waals surface area contributed by atoms with Crippen molar-refractivity contribution < 1.29 is 17.6 Å². The molecule has 3 aromatic carbocycles. The second kappa shape index (κ2) is 8.54. The van der Waals surface area contributed by atoms with Crippen molar-refractivity contribution in [2.75, 3.05) is 6.54 Å². The Kier molecular flexibility index (Phi) is 6.11. The van der Waals surface area contributed by atoms with Crippen LogP contribution in [-0.2, 0) is 9.84 Å². The summed E-state index contributed by atoms with van der Waals surface area (Å²) in [4.78, 5) is 12.4. The summed E-state index contributed by atoms with van der Waals surface area (Å²) in [6.07, 6.45) is 0. The lowest BCUT2D eigenvalue weighted by molar-refractivity contribution is 0.0953. The molecule has 0 aliphatic heterocycles. The van der Waals surface area contributed by atoms with E-state index in [-0.39, 0.29) is 11.4 Å². The highest BCUT2D eigenvalue weighted by Crippen LogP contribution is 2.28. The maximum Gasteiger partial charge on any atom is 0.251 e. The third kappa shape index (κ3) is 4.58. The quantitative estimate of drug-likeness (QED) is 0.604. The predicted molar refractivity (Wildman–Crippen MR) is 107 cm³/mol. The van der Waals surface area contributed by atoms with Crippen LogP contribution in [0.1, 0.15) is 21.2 Å². The van der Waals surface area contributed by atoms with Gasteiger partial charge in [-0.15, -0.1) is 0 Å². The number of carbonyl (C=O) groups excluding carboxylic acids is 1. The fourth-order valence-electron chi connectivity index (χ4n) is 2.78. The van der Waals surface area contributed by atoms with Gasteiger partial charge in [-0.05, 0) is 48.0 Å². The van der Waals surface area contributed by atoms with E-state index in [2.05, 4.69) is 5.32 Å². The third-order valence-corrected chi connectivity index (χ3v) is 6.58. The normalized spacial score (nSPS) is 12.4. The molecule has 0 radical (unpaired) electrons. The highest BCUT2D eigenvalue weighted by atomic mass is 35.5. The van der Waals surface area contributed by atoms with Gasteiger partial charge >= 0.3 is 0 Å². The number of hydrogen-bond acceptors (Lipinski definition) is 3. The van der Waals surface area contributed by atoms with Crippen LogP contribution in [0.4, 0.5) is 4.39 Å². The monoisotopic (exact) mass is 417 g/mol. The largest absolute Gasteiger partial charge is 0.350 e. The van der Waals surface area contributed by atoms with Crippen molar-refractivity contribution >= 4 is 27.3 Å².